The zero-order chi connectivity index (χ0) is 13.8. The van der Waals surface area contributed by atoms with Gasteiger partial charge in [-0.3, -0.25) is 19.9 Å². The van der Waals surface area contributed by atoms with Crippen LogP contribution in [-0.2, 0) is 0 Å². The van der Waals surface area contributed by atoms with Gasteiger partial charge in [0.25, 0.3) is 11.6 Å². The predicted molar refractivity (Wildman–Crippen MR) is 65.2 cm³/mol. The summed E-state index contributed by atoms with van der Waals surface area (Å²) in [7, 11) is 0. The molecule has 0 aliphatic carbocycles. The van der Waals surface area contributed by atoms with Crippen molar-refractivity contribution in [2.45, 2.75) is 0 Å². The summed E-state index contributed by atoms with van der Waals surface area (Å²) in [6.07, 6.45) is 2.20. The summed E-state index contributed by atoms with van der Waals surface area (Å²) in [4.78, 5) is 25.3. The van der Waals surface area contributed by atoms with Crippen LogP contribution in [0.3, 0.4) is 0 Å². The minimum atomic E-state index is -0.759. The number of amides is 1. The summed E-state index contributed by atoms with van der Waals surface area (Å²) in [6.45, 7) is 0. The summed E-state index contributed by atoms with van der Waals surface area (Å²) in [6, 6.07) is 6.61. The monoisotopic (exact) mass is 261 g/mol. The number of non-ortho nitro benzene ring substituents is 1. The van der Waals surface area contributed by atoms with E-state index in [1.807, 2.05) is 0 Å². The summed E-state index contributed by atoms with van der Waals surface area (Å²) in [5, 5.41) is 13.0. The lowest BCUT2D eigenvalue weighted by Crippen LogP contribution is -2.13. The van der Waals surface area contributed by atoms with Crippen LogP contribution in [-0.4, -0.2) is 15.8 Å². The van der Waals surface area contributed by atoms with Crippen LogP contribution in [0.4, 0.5) is 15.8 Å². The summed E-state index contributed by atoms with van der Waals surface area (Å²) < 4.78 is 13.3. The number of nitrogens with zero attached hydrogens (tertiary/aromatic N) is 2. The van der Waals surface area contributed by atoms with Crippen molar-refractivity contribution in [3.8, 4) is 0 Å². The fourth-order valence-electron chi connectivity index (χ4n) is 1.45. The SMILES string of the molecule is O=C(Nc1cccc([N+](=O)[O-])c1)c1ccncc1F. The predicted octanol–water partition coefficient (Wildman–Crippen LogP) is 2.38. The first-order chi connectivity index (χ1) is 9.08. The van der Waals surface area contributed by atoms with Crippen LogP contribution < -0.4 is 5.32 Å². The van der Waals surface area contributed by atoms with Gasteiger partial charge in [-0.15, -0.1) is 0 Å². The van der Waals surface area contributed by atoms with Gasteiger partial charge in [0.05, 0.1) is 16.7 Å². The molecule has 1 aromatic carbocycles. The molecule has 0 bridgehead atoms. The topological polar surface area (TPSA) is 85.1 Å². The van der Waals surface area contributed by atoms with E-state index in [0.29, 0.717) is 0 Å². The lowest BCUT2D eigenvalue weighted by atomic mass is 10.2. The number of nitro benzene ring substituents is 1. The Balaban J connectivity index is 2.22. The summed E-state index contributed by atoms with van der Waals surface area (Å²) in [5.74, 6) is -1.45. The number of nitro groups is 1. The standard InChI is InChI=1S/C12H8FN3O3/c13-11-7-14-5-4-10(11)12(17)15-8-2-1-3-9(6-8)16(18)19/h1-7H,(H,15,17). The van der Waals surface area contributed by atoms with E-state index >= 15 is 0 Å². The molecule has 2 rings (SSSR count). The van der Waals surface area contributed by atoms with Crippen LogP contribution in [0.15, 0.2) is 42.7 Å². The molecule has 1 aromatic heterocycles. The second kappa shape index (κ2) is 5.21. The summed E-state index contributed by atoms with van der Waals surface area (Å²) in [5.41, 5.74) is -0.120. The molecule has 1 heterocycles. The Morgan fingerprint density at radius 1 is 1.37 bits per heavy atom. The number of carbonyl (C=O) groups excluding carboxylic acids is 1. The molecule has 19 heavy (non-hydrogen) atoms. The van der Waals surface area contributed by atoms with Crippen LogP contribution in [0.5, 0.6) is 0 Å². The van der Waals surface area contributed by atoms with E-state index < -0.39 is 16.6 Å². The van der Waals surface area contributed by atoms with Gasteiger partial charge in [0.2, 0.25) is 0 Å². The van der Waals surface area contributed by atoms with Crippen molar-refractivity contribution in [3.05, 3.63) is 64.2 Å². The summed E-state index contributed by atoms with van der Waals surface area (Å²) >= 11 is 0. The zero-order valence-corrected chi connectivity index (χ0v) is 9.54. The number of carbonyl (C=O) groups is 1. The number of rotatable bonds is 3. The minimum absolute atomic E-state index is 0.159. The molecule has 7 heteroatoms. The maximum absolute atomic E-state index is 13.3. The first-order valence-electron chi connectivity index (χ1n) is 5.23. The molecule has 0 aliphatic rings. The van der Waals surface area contributed by atoms with Crippen molar-refractivity contribution >= 4 is 17.3 Å². The van der Waals surface area contributed by atoms with Crippen LogP contribution in [0, 0.1) is 15.9 Å². The average Bonchev–Trinajstić information content (AvgIpc) is 2.39. The number of halogens is 1. The molecular formula is C12H8FN3O3. The molecule has 1 N–H and O–H groups in total. The van der Waals surface area contributed by atoms with Crippen molar-refractivity contribution in [3.63, 3.8) is 0 Å². The normalized spacial score (nSPS) is 9.95. The van der Waals surface area contributed by atoms with Crippen molar-refractivity contribution in [1.82, 2.24) is 4.98 Å². The number of nitrogens with one attached hydrogen (secondary N) is 1. The maximum atomic E-state index is 13.3. The lowest BCUT2D eigenvalue weighted by Gasteiger charge is -2.05. The molecule has 0 spiro atoms. The third-order valence-corrected chi connectivity index (χ3v) is 2.33. The quantitative estimate of drug-likeness (QED) is 0.679. The number of hydrogen-bond donors (Lipinski definition) is 1. The molecule has 1 amide bonds. The number of pyridine rings is 1. The van der Waals surface area contributed by atoms with Gasteiger partial charge in [0.15, 0.2) is 5.82 Å². The molecule has 0 unspecified atom stereocenters. The molecule has 0 radical (unpaired) electrons. The second-order valence-electron chi connectivity index (χ2n) is 3.62. The average molecular weight is 261 g/mol. The van der Waals surface area contributed by atoms with E-state index in [1.54, 1.807) is 0 Å². The molecule has 96 valence electrons. The molecule has 0 saturated carbocycles. The number of aromatic nitrogens is 1. The highest BCUT2D eigenvalue weighted by molar-refractivity contribution is 6.04. The van der Waals surface area contributed by atoms with Crippen LogP contribution in [0.25, 0.3) is 0 Å². The molecule has 0 fully saturated rings. The molecule has 0 aliphatic heterocycles. The van der Waals surface area contributed by atoms with Gasteiger partial charge in [-0.2, -0.15) is 0 Å². The highest BCUT2D eigenvalue weighted by atomic mass is 19.1. The van der Waals surface area contributed by atoms with Crippen LogP contribution >= 0.6 is 0 Å². The maximum Gasteiger partial charge on any atom is 0.271 e. The Bertz CT molecular complexity index is 646. The van der Waals surface area contributed by atoms with E-state index in [4.69, 9.17) is 0 Å². The molecular weight excluding hydrogens is 253 g/mol. The minimum Gasteiger partial charge on any atom is -0.322 e. The fraction of sp³-hybridized carbons (Fsp3) is 0. The van der Waals surface area contributed by atoms with E-state index in [9.17, 15) is 19.3 Å². The van der Waals surface area contributed by atoms with E-state index in [-0.39, 0.29) is 16.9 Å². The van der Waals surface area contributed by atoms with Crippen LogP contribution in [0.2, 0.25) is 0 Å². The Hall–Kier alpha value is -2.83. The van der Waals surface area contributed by atoms with E-state index in [0.717, 1.165) is 6.20 Å². The van der Waals surface area contributed by atoms with Gasteiger partial charge in [0, 0.05) is 24.0 Å². The number of benzene rings is 1. The van der Waals surface area contributed by atoms with Crippen LogP contribution in [0.1, 0.15) is 10.4 Å². The molecule has 0 saturated heterocycles. The third kappa shape index (κ3) is 2.89. The van der Waals surface area contributed by atoms with Gasteiger partial charge in [0.1, 0.15) is 0 Å². The van der Waals surface area contributed by atoms with E-state index in [1.165, 1.54) is 36.5 Å². The molecule has 6 nitrogen and oxygen atoms in total. The Labute approximate surface area is 107 Å². The lowest BCUT2D eigenvalue weighted by molar-refractivity contribution is -0.384. The zero-order valence-electron chi connectivity index (χ0n) is 9.54. The number of anilines is 1. The smallest absolute Gasteiger partial charge is 0.271 e. The van der Waals surface area contributed by atoms with E-state index in [2.05, 4.69) is 10.3 Å². The van der Waals surface area contributed by atoms with Gasteiger partial charge >= 0.3 is 0 Å². The number of hydrogen-bond acceptors (Lipinski definition) is 4. The van der Waals surface area contributed by atoms with Gasteiger partial charge in [-0.05, 0) is 12.1 Å². The second-order valence-corrected chi connectivity index (χ2v) is 3.62. The van der Waals surface area contributed by atoms with Crippen molar-refractivity contribution in [2.75, 3.05) is 5.32 Å². The molecule has 2 aromatic rings. The molecule has 0 atom stereocenters. The Kier molecular flexibility index (Phi) is 3.46. The largest absolute Gasteiger partial charge is 0.322 e. The van der Waals surface area contributed by atoms with Gasteiger partial charge in [-0.25, -0.2) is 4.39 Å². The highest BCUT2D eigenvalue weighted by Crippen LogP contribution is 2.18. The van der Waals surface area contributed by atoms with Gasteiger partial charge in [-0.1, -0.05) is 6.07 Å². The Morgan fingerprint density at radius 3 is 2.84 bits per heavy atom. The fourth-order valence-corrected chi connectivity index (χ4v) is 1.45. The first kappa shape index (κ1) is 12.6. The van der Waals surface area contributed by atoms with Crippen molar-refractivity contribution < 1.29 is 14.1 Å². The highest BCUT2D eigenvalue weighted by Gasteiger charge is 2.13. The van der Waals surface area contributed by atoms with Crippen molar-refractivity contribution in [1.29, 1.82) is 0 Å². The Morgan fingerprint density at radius 2 is 2.16 bits per heavy atom. The van der Waals surface area contributed by atoms with Gasteiger partial charge < -0.3 is 5.32 Å². The third-order valence-electron chi connectivity index (χ3n) is 2.33. The van der Waals surface area contributed by atoms with Crippen molar-refractivity contribution in [2.24, 2.45) is 0 Å². The first-order valence-corrected chi connectivity index (χ1v) is 5.23.